The topological polar surface area (TPSA) is 44.3 Å². The maximum Gasteiger partial charge on any atom is 0.173 e. The van der Waals surface area contributed by atoms with Gasteiger partial charge in [0.2, 0.25) is 0 Å². The highest BCUT2D eigenvalue weighted by Gasteiger charge is 2.27. The Hall–Kier alpha value is -1.87. The van der Waals surface area contributed by atoms with Gasteiger partial charge in [0.05, 0.1) is 0 Å². The van der Waals surface area contributed by atoms with Crippen LogP contribution in [0.4, 0.5) is 0 Å². The number of aliphatic hydroxyl groups is 1. The number of aromatic nitrogens is 1. The molecule has 2 rings (SSSR count). The highest BCUT2D eigenvalue weighted by Crippen LogP contribution is 2.39. The van der Waals surface area contributed by atoms with Crippen LogP contribution in [-0.4, -0.2) is 16.8 Å². The van der Waals surface area contributed by atoms with Crippen LogP contribution in [0.3, 0.4) is 0 Å². The average Bonchev–Trinajstić information content (AvgIpc) is 2.52. The number of hydrogen-bond acceptors (Lipinski definition) is 2. The molecule has 0 aliphatic heterocycles. The second kappa shape index (κ2) is 7.79. The smallest absolute Gasteiger partial charge is 0.173 e. The summed E-state index contributed by atoms with van der Waals surface area (Å²) in [7, 11) is 0. The summed E-state index contributed by atoms with van der Waals surface area (Å²) in [6.45, 7) is 13.8. The average molecular weight is 357 g/mol. The third kappa shape index (κ3) is 5.07. The first-order valence-corrected chi connectivity index (χ1v) is 9.48. The summed E-state index contributed by atoms with van der Waals surface area (Å²) in [6.07, 6.45) is 5.89. The molecule has 0 spiro atoms. The molecule has 3 heteroatoms. The second-order valence-corrected chi connectivity index (χ2v) is 9.25. The van der Waals surface area contributed by atoms with E-state index < -0.39 is 0 Å². The predicted octanol–water partition coefficient (Wildman–Crippen LogP) is 4.25. The van der Waals surface area contributed by atoms with Crippen molar-refractivity contribution in [1.82, 2.24) is 0 Å². The van der Waals surface area contributed by atoms with Gasteiger partial charge in [-0.3, -0.25) is 0 Å². The van der Waals surface area contributed by atoms with Gasteiger partial charge in [-0.15, -0.1) is 0 Å². The van der Waals surface area contributed by atoms with Crippen molar-refractivity contribution in [2.45, 2.75) is 71.8 Å². The number of pyridine rings is 1. The van der Waals surface area contributed by atoms with Crippen LogP contribution in [0.1, 0.15) is 70.2 Å². The first-order chi connectivity index (χ1) is 12.0. The van der Waals surface area contributed by atoms with Crippen molar-refractivity contribution < 1.29 is 14.8 Å². The van der Waals surface area contributed by atoms with E-state index >= 15 is 0 Å². The molecule has 1 aromatic heterocycles. The van der Waals surface area contributed by atoms with Crippen LogP contribution in [0.15, 0.2) is 36.7 Å². The van der Waals surface area contributed by atoms with Crippen LogP contribution in [0, 0.1) is 0 Å². The van der Waals surface area contributed by atoms with Crippen LogP contribution >= 0.6 is 0 Å². The van der Waals surface area contributed by atoms with E-state index in [0.29, 0.717) is 5.75 Å². The molecule has 142 valence electrons. The Morgan fingerprint density at radius 3 is 2.00 bits per heavy atom. The molecule has 0 radical (unpaired) electrons. The normalized spacial score (nSPS) is 12.4. The Morgan fingerprint density at radius 2 is 1.50 bits per heavy atom. The minimum absolute atomic E-state index is 0.117. The van der Waals surface area contributed by atoms with Gasteiger partial charge in [-0.1, -0.05) is 41.5 Å². The molecule has 0 aliphatic carbocycles. The first-order valence-electron chi connectivity index (χ1n) is 9.48. The quantitative estimate of drug-likeness (QED) is 0.787. The van der Waals surface area contributed by atoms with Crippen molar-refractivity contribution in [3.63, 3.8) is 0 Å². The Bertz CT molecular complexity index is 717. The van der Waals surface area contributed by atoms with Crippen molar-refractivity contribution >= 4 is 0 Å². The van der Waals surface area contributed by atoms with Gasteiger partial charge in [-0.25, -0.2) is 4.57 Å². The number of aliphatic hydroxyl groups excluding tert-OH is 1. The van der Waals surface area contributed by atoms with Crippen LogP contribution in [0.2, 0.25) is 0 Å². The molecule has 2 aromatic rings. The SMILES string of the molecule is CC(C)(C)c1cc(C[n+]2cccc(CCCO)c2)cc(C(C)(C)C)c1O. The Balaban J connectivity index is 2.44. The molecule has 0 bridgehead atoms. The summed E-state index contributed by atoms with van der Waals surface area (Å²) in [5.41, 5.74) is 4.19. The predicted molar refractivity (Wildman–Crippen MR) is 107 cm³/mol. The first kappa shape index (κ1) is 20.4. The number of phenolic OH excluding ortho intramolecular Hbond substituents is 1. The lowest BCUT2D eigenvalue weighted by Gasteiger charge is -2.27. The summed E-state index contributed by atoms with van der Waals surface area (Å²) in [5.74, 6) is 0.426. The van der Waals surface area contributed by atoms with Gasteiger partial charge < -0.3 is 10.2 Å². The zero-order valence-corrected chi connectivity index (χ0v) is 17.1. The van der Waals surface area contributed by atoms with Gasteiger partial charge >= 0.3 is 0 Å². The highest BCUT2D eigenvalue weighted by molar-refractivity contribution is 5.49. The minimum Gasteiger partial charge on any atom is -0.507 e. The van der Waals surface area contributed by atoms with Gasteiger partial charge in [0.25, 0.3) is 0 Å². The third-order valence-corrected chi connectivity index (χ3v) is 4.69. The number of hydrogen-bond donors (Lipinski definition) is 2. The lowest BCUT2D eigenvalue weighted by Crippen LogP contribution is -2.34. The summed E-state index contributed by atoms with van der Waals surface area (Å²) in [5, 5.41) is 19.9. The number of nitrogens with zero attached hydrogens (tertiary/aromatic N) is 1. The van der Waals surface area contributed by atoms with Crippen LogP contribution in [-0.2, 0) is 23.8 Å². The maximum atomic E-state index is 10.9. The molecule has 1 aromatic carbocycles. The maximum absolute atomic E-state index is 10.9. The molecule has 2 N–H and O–H groups in total. The summed E-state index contributed by atoms with van der Waals surface area (Å²) in [4.78, 5) is 0. The summed E-state index contributed by atoms with van der Waals surface area (Å²) >= 11 is 0. The standard InChI is InChI=1S/C23H33NO2/c1-22(2,3)19-13-18(14-20(21(19)26)23(4,5)6)16-24-11-7-9-17(15-24)10-8-12-25/h7,9,11,13-15,25H,8,10,12,16H2,1-6H3/p+1. The van der Waals surface area contributed by atoms with Crippen molar-refractivity contribution in [3.8, 4) is 5.75 Å². The van der Waals surface area contributed by atoms with E-state index in [-0.39, 0.29) is 17.4 Å². The van der Waals surface area contributed by atoms with E-state index in [0.717, 1.165) is 30.5 Å². The molecule has 0 saturated carbocycles. The monoisotopic (exact) mass is 356 g/mol. The van der Waals surface area contributed by atoms with Crippen molar-refractivity contribution in [2.24, 2.45) is 0 Å². The third-order valence-electron chi connectivity index (χ3n) is 4.69. The lowest BCUT2D eigenvalue weighted by molar-refractivity contribution is -0.688. The van der Waals surface area contributed by atoms with Gasteiger partial charge in [0.1, 0.15) is 5.75 Å². The van der Waals surface area contributed by atoms with Gasteiger partial charge in [-0.2, -0.15) is 0 Å². The second-order valence-electron chi connectivity index (χ2n) is 9.25. The van der Waals surface area contributed by atoms with E-state index in [2.05, 4.69) is 82.8 Å². The van der Waals surface area contributed by atoms with E-state index in [4.69, 9.17) is 5.11 Å². The molecule has 3 nitrogen and oxygen atoms in total. The van der Waals surface area contributed by atoms with Crippen LogP contribution in [0.5, 0.6) is 5.75 Å². The zero-order chi connectivity index (χ0) is 19.5. The van der Waals surface area contributed by atoms with Gasteiger partial charge in [0, 0.05) is 34.9 Å². The number of aromatic hydroxyl groups is 1. The highest BCUT2D eigenvalue weighted by atomic mass is 16.3. The Morgan fingerprint density at radius 1 is 0.923 bits per heavy atom. The van der Waals surface area contributed by atoms with E-state index in [1.54, 1.807) is 0 Å². The van der Waals surface area contributed by atoms with Crippen molar-refractivity contribution in [3.05, 3.63) is 58.9 Å². The van der Waals surface area contributed by atoms with E-state index in [1.807, 2.05) is 0 Å². The molecule has 0 saturated heterocycles. The molecule has 0 fully saturated rings. The molecule has 0 atom stereocenters. The molecule has 0 unspecified atom stereocenters. The number of phenols is 1. The largest absolute Gasteiger partial charge is 0.507 e. The molecule has 1 heterocycles. The van der Waals surface area contributed by atoms with E-state index in [9.17, 15) is 5.11 Å². The number of benzene rings is 1. The van der Waals surface area contributed by atoms with Crippen LogP contribution < -0.4 is 4.57 Å². The number of aryl methyl sites for hydroxylation is 1. The van der Waals surface area contributed by atoms with Gasteiger partial charge in [0.15, 0.2) is 18.9 Å². The molecule has 0 amide bonds. The van der Waals surface area contributed by atoms with Crippen molar-refractivity contribution in [2.75, 3.05) is 6.61 Å². The summed E-state index contributed by atoms with van der Waals surface area (Å²) in [6, 6.07) is 8.43. The molecular formula is C23H34NO2+. The Kier molecular flexibility index (Phi) is 6.13. The van der Waals surface area contributed by atoms with Crippen molar-refractivity contribution in [1.29, 1.82) is 0 Å². The van der Waals surface area contributed by atoms with E-state index in [1.165, 1.54) is 11.1 Å². The zero-order valence-electron chi connectivity index (χ0n) is 17.1. The summed E-state index contributed by atoms with van der Waals surface area (Å²) < 4.78 is 2.18. The lowest BCUT2D eigenvalue weighted by atomic mass is 9.78. The number of rotatable bonds is 5. The van der Waals surface area contributed by atoms with Gasteiger partial charge in [-0.05, 0) is 41.9 Å². The van der Waals surface area contributed by atoms with Crippen LogP contribution in [0.25, 0.3) is 0 Å². The fourth-order valence-corrected chi connectivity index (χ4v) is 3.25. The fourth-order valence-electron chi connectivity index (χ4n) is 3.25. The minimum atomic E-state index is -0.117. The molecule has 0 aliphatic rings. The fraction of sp³-hybridized carbons (Fsp3) is 0.522. The molecular weight excluding hydrogens is 322 g/mol. The Labute approximate surface area is 158 Å². The molecule has 26 heavy (non-hydrogen) atoms.